The van der Waals surface area contributed by atoms with Crippen LogP contribution in [0.1, 0.15) is 19.8 Å². The number of hydrogen-bond donors (Lipinski definition) is 0. The van der Waals surface area contributed by atoms with E-state index in [1.54, 1.807) is 0 Å². The van der Waals surface area contributed by atoms with Crippen molar-refractivity contribution in [2.24, 2.45) is 11.8 Å². The molecule has 0 amide bonds. The molecule has 0 aromatic heterocycles. The summed E-state index contributed by atoms with van der Waals surface area (Å²) in [5.74, 6) is 1.70. The van der Waals surface area contributed by atoms with Gasteiger partial charge < -0.3 is 0 Å². The van der Waals surface area contributed by atoms with Crippen molar-refractivity contribution in [1.29, 1.82) is 0 Å². The van der Waals surface area contributed by atoms with E-state index in [1.165, 1.54) is 12.8 Å². The molecule has 0 aromatic rings. The van der Waals surface area contributed by atoms with Gasteiger partial charge in [0.2, 0.25) is 0 Å². The van der Waals surface area contributed by atoms with Gasteiger partial charge in [-0.3, -0.25) is 0 Å². The molecule has 1 saturated carbocycles. The average molecular weight is 83.2 g/mol. The summed E-state index contributed by atoms with van der Waals surface area (Å²) in [5, 5.41) is 0. The van der Waals surface area contributed by atoms with Crippen molar-refractivity contribution in [3.8, 4) is 0 Å². The molecular weight excluding hydrogens is 72.1 g/mol. The largest absolute Gasteiger partial charge is 0.0622 e. The van der Waals surface area contributed by atoms with Gasteiger partial charge in [-0.1, -0.05) is 13.8 Å². The van der Waals surface area contributed by atoms with Crippen LogP contribution in [0.4, 0.5) is 0 Å². The van der Waals surface area contributed by atoms with Crippen molar-refractivity contribution in [3.05, 3.63) is 6.92 Å². The van der Waals surface area contributed by atoms with Gasteiger partial charge in [-0.05, 0) is 24.7 Å². The summed E-state index contributed by atoms with van der Waals surface area (Å²) in [5.41, 5.74) is 0. The molecule has 0 heteroatoms. The Balaban J connectivity index is 2.13. The normalized spacial score (nSPS) is 22.5. The third-order valence-corrected chi connectivity index (χ3v) is 1.43. The van der Waals surface area contributed by atoms with Crippen LogP contribution in [0.5, 0.6) is 0 Å². The highest BCUT2D eigenvalue weighted by Crippen LogP contribution is 2.35. The summed E-state index contributed by atoms with van der Waals surface area (Å²) >= 11 is 0. The molecule has 1 fully saturated rings. The van der Waals surface area contributed by atoms with Gasteiger partial charge in [0.15, 0.2) is 0 Å². The first-order valence-electron chi connectivity index (χ1n) is 2.64. The predicted molar refractivity (Wildman–Crippen MR) is 27.2 cm³/mol. The molecule has 1 aliphatic carbocycles. The van der Waals surface area contributed by atoms with E-state index in [4.69, 9.17) is 0 Å². The fourth-order valence-electron chi connectivity index (χ4n) is 0.665. The van der Waals surface area contributed by atoms with Gasteiger partial charge in [-0.15, -0.1) is 0 Å². The highest BCUT2D eigenvalue weighted by atomic mass is 14.3. The van der Waals surface area contributed by atoms with Crippen molar-refractivity contribution in [2.75, 3.05) is 0 Å². The SMILES string of the molecule is [CH2]C(C)C1CC1. The van der Waals surface area contributed by atoms with E-state index in [2.05, 4.69) is 13.8 Å². The lowest BCUT2D eigenvalue weighted by Crippen LogP contribution is -1.86. The average Bonchev–Trinajstić information content (AvgIpc) is 2.06. The maximum absolute atomic E-state index is 3.90. The van der Waals surface area contributed by atoms with Crippen LogP contribution in [0.3, 0.4) is 0 Å². The number of hydrogen-bond acceptors (Lipinski definition) is 0. The van der Waals surface area contributed by atoms with E-state index in [9.17, 15) is 0 Å². The molecular formula is C6H11. The Hall–Kier alpha value is 0. The number of rotatable bonds is 1. The molecule has 0 N–H and O–H groups in total. The topological polar surface area (TPSA) is 0 Å². The zero-order valence-electron chi connectivity index (χ0n) is 4.28. The Morgan fingerprint density at radius 2 is 2.17 bits per heavy atom. The zero-order chi connectivity index (χ0) is 4.57. The van der Waals surface area contributed by atoms with Crippen LogP contribution in [-0.2, 0) is 0 Å². The van der Waals surface area contributed by atoms with Crippen LogP contribution < -0.4 is 0 Å². The van der Waals surface area contributed by atoms with Crippen LogP contribution in [-0.4, -0.2) is 0 Å². The third kappa shape index (κ3) is 0.735. The summed E-state index contributed by atoms with van der Waals surface area (Å²) in [6.45, 7) is 6.09. The molecule has 1 aliphatic rings. The van der Waals surface area contributed by atoms with Gasteiger partial charge >= 0.3 is 0 Å². The van der Waals surface area contributed by atoms with E-state index >= 15 is 0 Å². The molecule has 1 atom stereocenters. The fourth-order valence-corrected chi connectivity index (χ4v) is 0.665. The van der Waals surface area contributed by atoms with Gasteiger partial charge in [-0.25, -0.2) is 0 Å². The monoisotopic (exact) mass is 83.1 g/mol. The Morgan fingerprint density at radius 3 is 2.17 bits per heavy atom. The molecule has 1 radical (unpaired) electrons. The fraction of sp³-hybridized carbons (Fsp3) is 0.833. The second kappa shape index (κ2) is 1.25. The lowest BCUT2D eigenvalue weighted by atomic mass is 10.1. The lowest BCUT2D eigenvalue weighted by Gasteiger charge is -1.93. The van der Waals surface area contributed by atoms with E-state index in [0.717, 1.165) is 5.92 Å². The molecule has 6 heavy (non-hydrogen) atoms. The molecule has 0 aliphatic heterocycles. The van der Waals surface area contributed by atoms with Gasteiger partial charge in [0.1, 0.15) is 0 Å². The van der Waals surface area contributed by atoms with Crippen LogP contribution in [0.15, 0.2) is 0 Å². The molecule has 0 bridgehead atoms. The molecule has 1 unspecified atom stereocenters. The standard InChI is InChI=1S/C6H11/c1-5(2)6-3-4-6/h5-6H,1,3-4H2,2H3. The maximum Gasteiger partial charge on any atom is -0.0388 e. The first-order valence-corrected chi connectivity index (χ1v) is 2.64. The Labute approximate surface area is 39.6 Å². The molecule has 0 spiro atoms. The third-order valence-electron chi connectivity index (χ3n) is 1.43. The Bertz CT molecular complexity index is 42.0. The van der Waals surface area contributed by atoms with Crippen molar-refractivity contribution < 1.29 is 0 Å². The maximum atomic E-state index is 3.90. The molecule has 35 valence electrons. The Morgan fingerprint density at radius 1 is 1.67 bits per heavy atom. The van der Waals surface area contributed by atoms with Crippen molar-refractivity contribution in [1.82, 2.24) is 0 Å². The smallest absolute Gasteiger partial charge is 0.0388 e. The highest BCUT2D eigenvalue weighted by Gasteiger charge is 2.24. The van der Waals surface area contributed by atoms with Crippen LogP contribution in [0.2, 0.25) is 0 Å². The minimum atomic E-state index is 0.713. The highest BCUT2D eigenvalue weighted by molar-refractivity contribution is 4.79. The van der Waals surface area contributed by atoms with Gasteiger partial charge in [-0.2, -0.15) is 0 Å². The summed E-state index contributed by atoms with van der Waals surface area (Å²) in [6.07, 6.45) is 2.87. The summed E-state index contributed by atoms with van der Waals surface area (Å²) in [4.78, 5) is 0. The van der Waals surface area contributed by atoms with E-state index in [1.807, 2.05) is 0 Å². The second-order valence-corrected chi connectivity index (χ2v) is 2.31. The molecule has 0 heterocycles. The molecule has 1 rings (SSSR count). The van der Waals surface area contributed by atoms with E-state index in [0.29, 0.717) is 5.92 Å². The summed E-state index contributed by atoms with van der Waals surface area (Å²) in [7, 11) is 0. The first-order chi connectivity index (χ1) is 2.80. The molecule has 0 aromatic carbocycles. The van der Waals surface area contributed by atoms with Crippen LogP contribution in [0, 0.1) is 18.8 Å². The molecule has 0 saturated heterocycles. The van der Waals surface area contributed by atoms with Crippen molar-refractivity contribution in [3.63, 3.8) is 0 Å². The lowest BCUT2D eigenvalue weighted by molar-refractivity contribution is 0.624. The van der Waals surface area contributed by atoms with E-state index < -0.39 is 0 Å². The second-order valence-electron chi connectivity index (χ2n) is 2.31. The summed E-state index contributed by atoms with van der Waals surface area (Å²) in [6, 6.07) is 0. The van der Waals surface area contributed by atoms with Gasteiger partial charge in [0, 0.05) is 0 Å². The van der Waals surface area contributed by atoms with E-state index in [-0.39, 0.29) is 0 Å². The van der Waals surface area contributed by atoms with Crippen LogP contribution >= 0.6 is 0 Å². The zero-order valence-corrected chi connectivity index (χ0v) is 4.28. The quantitative estimate of drug-likeness (QED) is 0.454. The van der Waals surface area contributed by atoms with Crippen molar-refractivity contribution >= 4 is 0 Å². The predicted octanol–water partition coefficient (Wildman–Crippen LogP) is 1.87. The first kappa shape index (κ1) is 4.17. The van der Waals surface area contributed by atoms with Gasteiger partial charge in [0.05, 0.1) is 0 Å². The molecule has 0 nitrogen and oxygen atoms in total. The summed E-state index contributed by atoms with van der Waals surface area (Å²) < 4.78 is 0. The minimum absolute atomic E-state index is 0.713. The van der Waals surface area contributed by atoms with Crippen LogP contribution in [0.25, 0.3) is 0 Å². The minimum Gasteiger partial charge on any atom is -0.0622 e. The Kier molecular flexibility index (Phi) is 0.868. The van der Waals surface area contributed by atoms with Gasteiger partial charge in [0.25, 0.3) is 0 Å². The van der Waals surface area contributed by atoms with Crippen molar-refractivity contribution in [2.45, 2.75) is 19.8 Å².